The van der Waals surface area contributed by atoms with E-state index in [0.29, 0.717) is 11.5 Å². The van der Waals surface area contributed by atoms with Crippen LogP contribution in [0.5, 0.6) is 11.5 Å². The Morgan fingerprint density at radius 2 is 1.84 bits per heavy atom. The van der Waals surface area contributed by atoms with Gasteiger partial charge in [0, 0.05) is 0 Å². The number of benzene rings is 1. The van der Waals surface area contributed by atoms with Crippen LogP contribution in [0.15, 0.2) is 24.3 Å². The van der Waals surface area contributed by atoms with E-state index in [0.717, 1.165) is 0 Å². The predicted octanol–water partition coefficient (Wildman–Crippen LogP) is -0.316. The second-order valence-electron chi connectivity index (χ2n) is 4.38. The van der Waals surface area contributed by atoms with Gasteiger partial charge in [-0.1, -0.05) is 12.1 Å². The molecule has 1 aromatic carbocycles. The van der Waals surface area contributed by atoms with Crippen LogP contribution in [0.1, 0.15) is 6.92 Å². The molecule has 0 spiro atoms. The Bertz CT molecular complexity index is 446. The van der Waals surface area contributed by atoms with Crippen LogP contribution < -0.4 is 14.8 Å². The lowest BCUT2D eigenvalue weighted by Crippen LogP contribution is -2.53. The SMILES string of the molecule is CC1Oc2ccccc2OC1C(=O)NC(CO)CO. The smallest absolute Gasteiger partial charge is 0.265 e. The average Bonchev–Trinajstić information content (AvgIpc) is 2.43. The number of hydrogen-bond donors (Lipinski definition) is 3. The third kappa shape index (κ3) is 2.97. The van der Waals surface area contributed by atoms with Gasteiger partial charge in [-0.25, -0.2) is 0 Å². The summed E-state index contributed by atoms with van der Waals surface area (Å²) in [6, 6.07) is 6.40. The highest BCUT2D eigenvalue weighted by Crippen LogP contribution is 2.33. The molecule has 0 fully saturated rings. The number of carbonyl (C=O) groups excluding carboxylic acids is 1. The summed E-state index contributed by atoms with van der Waals surface area (Å²) in [5, 5.41) is 20.4. The first-order chi connectivity index (χ1) is 9.15. The molecule has 1 aliphatic rings. The van der Waals surface area contributed by atoms with E-state index in [9.17, 15) is 4.79 Å². The van der Waals surface area contributed by atoms with Crippen molar-refractivity contribution in [2.45, 2.75) is 25.2 Å². The van der Waals surface area contributed by atoms with Crippen molar-refractivity contribution in [2.24, 2.45) is 0 Å². The van der Waals surface area contributed by atoms with Crippen molar-refractivity contribution in [3.8, 4) is 11.5 Å². The normalized spacial score (nSPS) is 21.3. The summed E-state index contributed by atoms with van der Waals surface area (Å²) in [7, 11) is 0. The second-order valence-corrected chi connectivity index (χ2v) is 4.38. The van der Waals surface area contributed by atoms with Crippen LogP contribution in [0.2, 0.25) is 0 Å². The molecule has 19 heavy (non-hydrogen) atoms. The summed E-state index contributed by atoms with van der Waals surface area (Å²) >= 11 is 0. The Morgan fingerprint density at radius 3 is 2.42 bits per heavy atom. The zero-order valence-electron chi connectivity index (χ0n) is 10.6. The minimum atomic E-state index is -0.810. The lowest BCUT2D eigenvalue weighted by Gasteiger charge is -2.31. The van der Waals surface area contributed by atoms with Crippen LogP contribution in [0.25, 0.3) is 0 Å². The van der Waals surface area contributed by atoms with Gasteiger partial charge in [0.2, 0.25) is 6.10 Å². The van der Waals surface area contributed by atoms with Crippen molar-refractivity contribution in [1.82, 2.24) is 5.32 Å². The number of aliphatic hydroxyl groups is 2. The zero-order chi connectivity index (χ0) is 13.8. The van der Waals surface area contributed by atoms with Crippen molar-refractivity contribution >= 4 is 5.91 Å². The molecule has 0 aromatic heterocycles. The van der Waals surface area contributed by atoms with Crippen LogP contribution >= 0.6 is 0 Å². The molecule has 1 heterocycles. The third-order valence-electron chi connectivity index (χ3n) is 2.89. The Labute approximate surface area is 111 Å². The van der Waals surface area contributed by atoms with E-state index in [1.807, 2.05) is 6.07 Å². The summed E-state index contributed by atoms with van der Waals surface area (Å²) in [6.45, 7) is 1.06. The number of ether oxygens (including phenoxy) is 2. The van der Waals surface area contributed by atoms with Crippen LogP contribution in [-0.2, 0) is 4.79 Å². The highest BCUT2D eigenvalue weighted by Gasteiger charge is 2.34. The molecule has 0 radical (unpaired) electrons. The summed E-state index contributed by atoms with van der Waals surface area (Å²) < 4.78 is 11.2. The number of amides is 1. The number of hydrogen-bond acceptors (Lipinski definition) is 5. The number of carbonyl (C=O) groups is 1. The molecule has 0 saturated heterocycles. The van der Waals surface area contributed by atoms with Gasteiger partial charge in [-0.2, -0.15) is 0 Å². The minimum Gasteiger partial charge on any atom is -0.482 e. The molecular weight excluding hydrogens is 250 g/mol. The Balaban J connectivity index is 2.07. The van der Waals surface area contributed by atoms with Crippen LogP contribution in [0, 0.1) is 0 Å². The molecule has 104 valence electrons. The summed E-state index contributed by atoms with van der Waals surface area (Å²) in [4.78, 5) is 12.0. The van der Waals surface area contributed by atoms with Crippen LogP contribution in [-0.4, -0.2) is 47.6 Å². The van der Waals surface area contributed by atoms with E-state index in [4.69, 9.17) is 19.7 Å². The van der Waals surface area contributed by atoms with Gasteiger partial charge in [0.05, 0.1) is 19.3 Å². The van der Waals surface area contributed by atoms with E-state index in [2.05, 4.69) is 5.32 Å². The maximum absolute atomic E-state index is 12.0. The Morgan fingerprint density at radius 1 is 1.26 bits per heavy atom. The van der Waals surface area contributed by atoms with Gasteiger partial charge in [-0.15, -0.1) is 0 Å². The highest BCUT2D eigenvalue weighted by atomic mass is 16.6. The minimum absolute atomic E-state index is 0.333. The lowest BCUT2D eigenvalue weighted by atomic mass is 10.1. The molecule has 1 aliphatic heterocycles. The van der Waals surface area contributed by atoms with E-state index in [1.54, 1.807) is 25.1 Å². The molecule has 1 aromatic rings. The largest absolute Gasteiger partial charge is 0.482 e. The van der Waals surface area contributed by atoms with Gasteiger partial charge in [0.1, 0.15) is 6.10 Å². The molecule has 2 atom stereocenters. The maximum Gasteiger partial charge on any atom is 0.265 e. The van der Waals surface area contributed by atoms with Crippen molar-refractivity contribution in [2.75, 3.05) is 13.2 Å². The third-order valence-corrected chi connectivity index (χ3v) is 2.89. The van der Waals surface area contributed by atoms with Crippen LogP contribution in [0.4, 0.5) is 0 Å². The molecule has 2 rings (SSSR count). The van der Waals surface area contributed by atoms with Gasteiger partial charge >= 0.3 is 0 Å². The molecule has 0 saturated carbocycles. The molecule has 6 nitrogen and oxygen atoms in total. The zero-order valence-corrected chi connectivity index (χ0v) is 10.6. The topological polar surface area (TPSA) is 88.0 Å². The molecule has 0 aliphatic carbocycles. The monoisotopic (exact) mass is 267 g/mol. The van der Waals surface area contributed by atoms with Crippen molar-refractivity contribution < 1.29 is 24.5 Å². The quantitative estimate of drug-likeness (QED) is 0.696. The lowest BCUT2D eigenvalue weighted by molar-refractivity contribution is -0.134. The molecule has 3 N–H and O–H groups in total. The van der Waals surface area contributed by atoms with Gasteiger partial charge < -0.3 is 25.0 Å². The Hall–Kier alpha value is -1.79. The first-order valence-corrected chi connectivity index (χ1v) is 6.10. The van der Waals surface area contributed by atoms with Gasteiger partial charge in [0.25, 0.3) is 5.91 Å². The highest BCUT2D eigenvalue weighted by molar-refractivity contribution is 5.82. The Kier molecular flexibility index (Phi) is 4.24. The van der Waals surface area contributed by atoms with Gasteiger partial charge in [0.15, 0.2) is 11.5 Å². The van der Waals surface area contributed by atoms with Crippen LogP contribution in [0.3, 0.4) is 0 Å². The van der Waals surface area contributed by atoms with Crippen molar-refractivity contribution in [3.63, 3.8) is 0 Å². The maximum atomic E-state index is 12.0. The van der Waals surface area contributed by atoms with Crippen molar-refractivity contribution in [1.29, 1.82) is 0 Å². The number of para-hydroxylation sites is 2. The van der Waals surface area contributed by atoms with Gasteiger partial charge in [-0.05, 0) is 19.1 Å². The van der Waals surface area contributed by atoms with E-state index in [-0.39, 0.29) is 13.2 Å². The summed E-state index contributed by atoms with van der Waals surface area (Å²) in [5.74, 6) is 0.681. The molecule has 6 heteroatoms. The molecule has 1 amide bonds. The van der Waals surface area contributed by atoms with Crippen molar-refractivity contribution in [3.05, 3.63) is 24.3 Å². The first-order valence-electron chi connectivity index (χ1n) is 6.10. The van der Waals surface area contributed by atoms with E-state index >= 15 is 0 Å². The fraction of sp³-hybridized carbons (Fsp3) is 0.462. The standard InChI is InChI=1S/C13H17NO5/c1-8-12(13(17)14-9(6-15)7-16)19-11-5-3-2-4-10(11)18-8/h2-5,8-9,12,15-16H,6-7H2,1H3,(H,14,17). The summed E-state index contributed by atoms with van der Waals surface area (Å²) in [6.07, 6.45) is -1.26. The first kappa shape index (κ1) is 13.6. The molecule has 0 bridgehead atoms. The van der Waals surface area contributed by atoms with E-state index < -0.39 is 24.2 Å². The van der Waals surface area contributed by atoms with E-state index in [1.165, 1.54) is 0 Å². The number of aliphatic hydroxyl groups excluding tert-OH is 2. The number of fused-ring (bicyclic) bond motifs is 1. The number of nitrogens with one attached hydrogen (secondary N) is 1. The summed E-state index contributed by atoms with van der Waals surface area (Å²) in [5.41, 5.74) is 0. The second kappa shape index (κ2) is 5.90. The molecule has 2 unspecified atom stereocenters. The average molecular weight is 267 g/mol. The fourth-order valence-corrected chi connectivity index (χ4v) is 1.84. The number of rotatable bonds is 4. The molecular formula is C13H17NO5. The van der Waals surface area contributed by atoms with Gasteiger partial charge in [-0.3, -0.25) is 4.79 Å². The predicted molar refractivity (Wildman–Crippen MR) is 67.1 cm³/mol. The fourth-order valence-electron chi connectivity index (χ4n) is 1.84.